The van der Waals surface area contributed by atoms with E-state index < -0.39 is 0 Å². The van der Waals surface area contributed by atoms with Crippen LogP contribution in [0.5, 0.6) is 5.75 Å². The molecule has 0 saturated carbocycles. The summed E-state index contributed by atoms with van der Waals surface area (Å²) in [5, 5.41) is 0.974. The molecule has 0 radical (unpaired) electrons. The minimum Gasteiger partial charge on any atom is -0.497 e. The maximum Gasteiger partial charge on any atom is 0.355 e. The molecule has 2 aliphatic rings. The van der Waals surface area contributed by atoms with Gasteiger partial charge in [0.15, 0.2) is 0 Å². The van der Waals surface area contributed by atoms with Crippen molar-refractivity contribution in [1.29, 1.82) is 0 Å². The minimum absolute atomic E-state index is 0.292. The second-order valence-electron chi connectivity index (χ2n) is 7.39. The highest BCUT2D eigenvalue weighted by Crippen LogP contribution is 2.41. The predicted octanol–water partition coefficient (Wildman–Crippen LogP) is 5.98. The number of ether oxygens (including phenoxy) is 2. The van der Waals surface area contributed by atoms with E-state index in [1.54, 1.807) is 7.11 Å². The molecular weight excluding hydrogens is 400 g/mol. The van der Waals surface area contributed by atoms with Crippen molar-refractivity contribution < 1.29 is 14.3 Å². The average Bonchev–Trinajstić information content (AvgIpc) is 3.23. The number of hydrogen-bond acceptors (Lipinski definition) is 4. The number of fused-ring (bicyclic) bond motifs is 3. The number of carbonyl (C=O) groups excluding carboxylic acids is 1. The van der Waals surface area contributed by atoms with Gasteiger partial charge in [-0.05, 0) is 48.9 Å². The molecule has 32 heavy (non-hydrogen) atoms. The first kappa shape index (κ1) is 19.8. The van der Waals surface area contributed by atoms with Crippen molar-refractivity contribution in [3.8, 4) is 34.0 Å². The summed E-state index contributed by atoms with van der Waals surface area (Å²) < 4.78 is 12.7. The van der Waals surface area contributed by atoms with Crippen molar-refractivity contribution in [3.05, 3.63) is 90.6 Å². The highest BCUT2D eigenvalue weighted by Gasteiger charge is 2.27. The van der Waals surface area contributed by atoms with Crippen LogP contribution in [0.4, 0.5) is 0 Å². The third-order valence-corrected chi connectivity index (χ3v) is 5.52. The molecular formula is C27H22N2O3. The lowest BCUT2D eigenvalue weighted by Crippen LogP contribution is -2.16. The Kier molecular flexibility index (Phi) is 5.07. The van der Waals surface area contributed by atoms with Crippen molar-refractivity contribution in [2.75, 3.05) is 13.7 Å². The molecule has 0 aromatic heterocycles. The first-order valence-electron chi connectivity index (χ1n) is 10.5. The number of para-hydroxylation sites is 1. The summed E-state index contributed by atoms with van der Waals surface area (Å²) in [6.07, 6.45) is 0. The van der Waals surface area contributed by atoms with Crippen molar-refractivity contribution in [2.45, 2.75) is 6.92 Å². The number of esters is 1. The van der Waals surface area contributed by atoms with E-state index in [0.717, 1.165) is 44.9 Å². The number of methoxy groups -OCH3 is 1. The van der Waals surface area contributed by atoms with Gasteiger partial charge in [0.2, 0.25) is 0 Å². The molecule has 3 aromatic carbocycles. The Morgan fingerprint density at radius 1 is 0.938 bits per heavy atom. The molecule has 5 rings (SSSR count). The zero-order valence-corrected chi connectivity index (χ0v) is 17.9. The smallest absolute Gasteiger partial charge is 0.355 e. The molecule has 158 valence electrons. The Bertz CT molecular complexity index is 1370. The fourth-order valence-electron chi connectivity index (χ4n) is 4.07. The summed E-state index contributed by atoms with van der Waals surface area (Å²) in [7, 11) is 1.63. The molecule has 2 aliphatic heterocycles. The quantitative estimate of drug-likeness (QED) is 0.327. The van der Waals surface area contributed by atoms with Gasteiger partial charge in [0.25, 0.3) is 0 Å². The molecule has 0 amide bonds. The molecule has 5 heteroatoms. The predicted molar refractivity (Wildman–Crippen MR) is 126 cm³/mol. The Hall–Kier alpha value is -4.12. The van der Waals surface area contributed by atoms with Gasteiger partial charge >= 0.3 is 5.97 Å². The lowest BCUT2D eigenvalue weighted by Gasteiger charge is -2.21. The number of benzene rings is 3. The van der Waals surface area contributed by atoms with Crippen LogP contribution >= 0.6 is 0 Å². The number of rotatable bonds is 5. The Labute approximate surface area is 186 Å². The van der Waals surface area contributed by atoms with Gasteiger partial charge in [-0.1, -0.05) is 48.5 Å². The van der Waals surface area contributed by atoms with E-state index in [1.807, 2.05) is 96.4 Å². The van der Waals surface area contributed by atoms with Crippen molar-refractivity contribution in [3.63, 3.8) is 0 Å². The van der Waals surface area contributed by atoms with E-state index in [-0.39, 0.29) is 5.97 Å². The van der Waals surface area contributed by atoms with Gasteiger partial charge in [-0.2, -0.15) is 0 Å². The zero-order chi connectivity index (χ0) is 22.1. The number of nitrogens with zero attached hydrogens (tertiary/aromatic N) is 2. The average molecular weight is 422 g/mol. The number of hydrogen-bond donors (Lipinski definition) is 0. The van der Waals surface area contributed by atoms with Gasteiger partial charge < -0.3 is 14.0 Å². The maximum atomic E-state index is 13.2. The summed E-state index contributed by atoms with van der Waals surface area (Å²) in [6, 6.07) is 27.5. The minimum atomic E-state index is -0.382. The molecule has 0 unspecified atom stereocenters. The molecule has 0 fully saturated rings. The van der Waals surface area contributed by atoms with Crippen LogP contribution in [-0.4, -0.2) is 29.2 Å². The van der Waals surface area contributed by atoms with Crippen LogP contribution in [0.1, 0.15) is 17.4 Å². The summed E-state index contributed by atoms with van der Waals surface area (Å²) in [5.41, 5.74) is 5.75. The van der Waals surface area contributed by atoms with Crippen molar-refractivity contribution in [2.24, 2.45) is 0 Å². The lowest BCUT2D eigenvalue weighted by atomic mass is 9.99. The van der Waals surface area contributed by atoms with E-state index in [4.69, 9.17) is 14.5 Å². The van der Waals surface area contributed by atoms with Gasteiger partial charge in [0, 0.05) is 16.6 Å². The third kappa shape index (κ3) is 3.28. The Balaban J connectivity index is 1.91. The van der Waals surface area contributed by atoms with Crippen LogP contribution in [0.3, 0.4) is 0 Å². The van der Waals surface area contributed by atoms with Crippen molar-refractivity contribution >= 4 is 16.9 Å². The number of pyridine rings is 1. The van der Waals surface area contributed by atoms with E-state index >= 15 is 0 Å². The highest BCUT2D eigenvalue weighted by atomic mass is 16.5. The fraction of sp³-hybridized carbons (Fsp3) is 0.111. The third-order valence-electron chi connectivity index (χ3n) is 5.52. The van der Waals surface area contributed by atoms with Gasteiger partial charge in [0.1, 0.15) is 11.4 Å². The summed E-state index contributed by atoms with van der Waals surface area (Å²) in [4.78, 5) is 18.1. The molecule has 2 heterocycles. The van der Waals surface area contributed by atoms with E-state index in [1.165, 1.54) is 0 Å². The number of carbonyl (C=O) groups is 1. The van der Waals surface area contributed by atoms with E-state index in [2.05, 4.69) is 0 Å². The molecule has 0 spiro atoms. The fourth-order valence-corrected chi connectivity index (χ4v) is 4.07. The molecule has 3 aromatic rings. The Morgan fingerprint density at radius 3 is 2.38 bits per heavy atom. The van der Waals surface area contributed by atoms with E-state index in [9.17, 15) is 4.79 Å². The van der Waals surface area contributed by atoms with Crippen LogP contribution in [0.2, 0.25) is 0 Å². The number of aromatic nitrogens is 2. The van der Waals surface area contributed by atoms with Gasteiger partial charge in [-0.3, -0.25) is 0 Å². The second kappa shape index (κ2) is 8.19. The normalized spacial score (nSPS) is 11.1. The summed E-state index contributed by atoms with van der Waals surface area (Å²) >= 11 is 0. The summed E-state index contributed by atoms with van der Waals surface area (Å²) in [5.74, 6) is 0.363. The second-order valence-corrected chi connectivity index (χ2v) is 7.39. The first-order valence-corrected chi connectivity index (χ1v) is 10.5. The highest BCUT2D eigenvalue weighted by molar-refractivity contribution is 6.04. The van der Waals surface area contributed by atoms with Crippen LogP contribution in [0, 0.1) is 0 Å². The first-order chi connectivity index (χ1) is 15.7. The molecule has 0 atom stereocenters. The van der Waals surface area contributed by atoms with Gasteiger partial charge in [-0.15, -0.1) is 0 Å². The molecule has 0 N–H and O–H groups in total. The van der Waals surface area contributed by atoms with Crippen LogP contribution in [0.15, 0.2) is 84.9 Å². The Morgan fingerprint density at radius 2 is 1.66 bits per heavy atom. The molecule has 0 aliphatic carbocycles. The molecule has 5 nitrogen and oxygen atoms in total. The lowest BCUT2D eigenvalue weighted by molar-refractivity contribution is 0.0516. The zero-order valence-electron chi connectivity index (χ0n) is 17.9. The maximum absolute atomic E-state index is 13.2. The van der Waals surface area contributed by atoms with Gasteiger partial charge in [-0.25, -0.2) is 9.78 Å². The SMILES string of the molecule is CCOC(=O)c1cc(-c2ccccc2)c2nc3ccccc3c-2n1-c1ccc(OC)cc1. The monoisotopic (exact) mass is 422 g/mol. The van der Waals surface area contributed by atoms with Crippen molar-refractivity contribution in [1.82, 2.24) is 9.55 Å². The van der Waals surface area contributed by atoms with Crippen LogP contribution in [0.25, 0.3) is 39.1 Å². The topological polar surface area (TPSA) is 53.3 Å². The van der Waals surface area contributed by atoms with E-state index in [0.29, 0.717) is 12.3 Å². The molecule has 0 bridgehead atoms. The van der Waals surface area contributed by atoms with Gasteiger partial charge in [0.05, 0.1) is 30.6 Å². The summed E-state index contributed by atoms with van der Waals surface area (Å²) in [6.45, 7) is 2.10. The molecule has 0 saturated heterocycles. The van der Waals surface area contributed by atoms with Crippen LogP contribution in [-0.2, 0) is 4.74 Å². The standard InChI is InChI=1S/C27H22N2O3/c1-3-32-27(30)24-17-22(18-9-5-4-6-10-18)25-26(21-11-7-8-12-23(21)28-25)29(24)19-13-15-20(31-2)16-14-19/h4-17H,3H2,1-2H3. The van der Waals surface area contributed by atoms with Crippen LogP contribution < -0.4 is 4.74 Å². The largest absolute Gasteiger partial charge is 0.497 e.